The lowest BCUT2D eigenvalue weighted by Crippen LogP contribution is -2.00. The lowest BCUT2D eigenvalue weighted by atomic mass is 10.0. The Hall–Kier alpha value is -2.80. The monoisotopic (exact) mass is 274 g/mol. The molecule has 7 nitrogen and oxygen atoms in total. The van der Waals surface area contributed by atoms with E-state index in [4.69, 9.17) is 0 Å². The molecule has 7 heteroatoms. The van der Waals surface area contributed by atoms with Crippen LogP contribution in [0, 0.1) is 20.2 Å². The molecule has 102 valence electrons. The second-order valence-electron chi connectivity index (χ2n) is 4.10. The van der Waals surface area contributed by atoms with Crippen molar-refractivity contribution in [3.8, 4) is 0 Å². The molecule has 0 atom stereocenters. The van der Waals surface area contributed by atoms with Gasteiger partial charge in [0.25, 0.3) is 11.4 Å². The molecular formula is C13H10N2O5. The summed E-state index contributed by atoms with van der Waals surface area (Å²) in [6, 6.07) is 11.0. The number of nitro benzene ring substituents is 2. The Morgan fingerprint density at radius 1 is 0.750 bits per heavy atom. The highest BCUT2D eigenvalue weighted by Crippen LogP contribution is 2.25. The number of hydrogen-bond donors (Lipinski definition) is 1. The highest BCUT2D eigenvalue weighted by Gasteiger charge is 2.14. The van der Waals surface area contributed by atoms with Gasteiger partial charge in [0.2, 0.25) is 0 Å². The Morgan fingerprint density at radius 2 is 1.05 bits per heavy atom. The summed E-state index contributed by atoms with van der Waals surface area (Å²) in [6.07, 6.45) is -0.989. The van der Waals surface area contributed by atoms with Crippen LogP contribution in [0.3, 0.4) is 0 Å². The molecule has 20 heavy (non-hydrogen) atoms. The van der Waals surface area contributed by atoms with Crippen LogP contribution in [0.15, 0.2) is 48.5 Å². The molecule has 1 N–H and O–H groups in total. The molecule has 0 bridgehead atoms. The third-order valence-electron chi connectivity index (χ3n) is 2.84. The van der Waals surface area contributed by atoms with Gasteiger partial charge in [0.1, 0.15) is 6.10 Å². The van der Waals surface area contributed by atoms with Gasteiger partial charge in [-0.1, -0.05) is 0 Å². The van der Waals surface area contributed by atoms with Crippen LogP contribution in [-0.2, 0) is 0 Å². The average Bonchev–Trinajstić information content (AvgIpc) is 2.46. The first kappa shape index (κ1) is 13.6. The van der Waals surface area contributed by atoms with Gasteiger partial charge in [0.05, 0.1) is 9.85 Å². The molecule has 2 aromatic carbocycles. The molecule has 0 unspecified atom stereocenters. The minimum Gasteiger partial charge on any atom is -0.384 e. The van der Waals surface area contributed by atoms with Crippen LogP contribution >= 0.6 is 0 Å². The van der Waals surface area contributed by atoms with Gasteiger partial charge in [-0.25, -0.2) is 0 Å². The molecule has 0 radical (unpaired) electrons. The molecule has 0 aliphatic rings. The fraction of sp³-hybridized carbons (Fsp3) is 0.0769. The van der Waals surface area contributed by atoms with E-state index >= 15 is 0 Å². The van der Waals surface area contributed by atoms with Crippen molar-refractivity contribution >= 4 is 11.4 Å². The molecular weight excluding hydrogens is 264 g/mol. The lowest BCUT2D eigenvalue weighted by molar-refractivity contribution is -0.385. The van der Waals surface area contributed by atoms with E-state index in [0.29, 0.717) is 11.1 Å². The first-order valence-corrected chi connectivity index (χ1v) is 5.66. The Bertz CT molecular complexity index is 579. The molecule has 0 amide bonds. The van der Waals surface area contributed by atoms with E-state index in [1.807, 2.05) is 0 Å². The fourth-order valence-corrected chi connectivity index (χ4v) is 1.75. The largest absolute Gasteiger partial charge is 0.384 e. The predicted molar refractivity (Wildman–Crippen MR) is 70.3 cm³/mol. The molecule has 0 fully saturated rings. The number of nitro groups is 2. The maximum Gasteiger partial charge on any atom is 0.269 e. The molecule has 0 saturated heterocycles. The second kappa shape index (κ2) is 5.45. The summed E-state index contributed by atoms with van der Waals surface area (Å²) in [5, 5.41) is 31.2. The molecule has 2 aromatic rings. The minimum atomic E-state index is -0.989. The van der Waals surface area contributed by atoms with Crippen LogP contribution in [0.25, 0.3) is 0 Å². The van der Waals surface area contributed by atoms with Crippen LogP contribution in [0.1, 0.15) is 17.2 Å². The lowest BCUT2D eigenvalue weighted by Gasteiger charge is -2.10. The van der Waals surface area contributed by atoms with Gasteiger partial charge in [-0.2, -0.15) is 0 Å². The minimum absolute atomic E-state index is 0.0651. The maximum absolute atomic E-state index is 10.5. The summed E-state index contributed by atoms with van der Waals surface area (Å²) in [6.45, 7) is 0. The van der Waals surface area contributed by atoms with Crippen molar-refractivity contribution in [2.24, 2.45) is 0 Å². The van der Waals surface area contributed by atoms with Gasteiger partial charge >= 0.3 is 0 Å². The van der Waals surface area contributed by atoms with E-state index in [9.17, 15) is 25.3 Å². The third-order valence-corrected chi connectivity index (χ3v) is 2.84. The normalized spacial score (nSPS) is 10.5. The smallest absolute Gasteiger partial charge is 0.269 e. The number of nitrogens with zero attached hydrogens (tertiary/aromatic N) is 2. The van der Waals surface area contributed by atoms with Crippen molar-refractivity contribution in [1.82, 2.24) is 0 Å². The predicted octanol–water partition coefficient (Wildman–Crippen LogP) is 2.58. The van der Waals surface area contributed by atoms with Gasteiger partial charge < -0.3 is 5.11 Å². The molecule has 0 aromatic heterocycles. The van der Waals surface area contributed by atoms with Crippen molar-refractivity contribution in [3.05, 3.63) is 79.9 Å². The van der Waals surface area contributed by atoms with E-state index in [-0.39, 0.29) is 11.4 Å². The molecule has 0 aliphatic heterocycles. The number of hydrogen-bond acceptors (Lipinski definition) is 5. The van der Waals surface area contributed by atoms with E-state index in [1.165, 1.54) is 48.5 Å². The number of non-ortho nitro benzene ring substituents is 2. The summed E-state index contributed by atoms with van der Waals surface area (Å²) in [7, 11) is 0. The van der Waals surface area contributed by atoms with Crippen molar-refractivity contribution in [2.45, 2.75) is 6.10 Å². The van der Waals surface area contributed by atoms with Gasteiger partial charge in [0.15, 0.2) is 0 Å². The van der Waals surface area contributed by atoms with Crippen LogP contribution in [0.2, 0.25) is 0 Å². The number of aliphatic hydroxyl groups is 1. The summed E-state index contributed by atoms with van der Waals surface area (Å²) >= 11 is 0. The fourth-order valence-electron chi connectivity index (χ4n) is 1.75. The topological polar surface area (TPSA) is 107 Å². The first-order chi connectivity index (χ1) is 9.49. The Balaban J connectivity index is 2.24. The summed E-state index contributed by atoms with van der Waals surface area (Å²) in [5.41, 5.74) is 0.822. The van der Waals surface area contributed by atoms with Gasteiger partial charge in [-0.3, -0.25) is 20.2 Å². The quantitative estimate of drug-likeness (QED) is 0.681. The van der Waals surface area contributed by atoms with E-state index in [0.717, 1.165) is 0 Å². The SMILES string of the molecule is O=[N+]([O-])c1ccc(C(O)c2ccc([N+](=O)[O-])cc2)cc1. The summed E-state index contributed by atoms with van der Waals surface area (Å²) < 4.78 is 0. The van der Waals surface area contributed by atoms with Crippen molar-refractivity contribution in [1.29, 1.82) is 0 Å². The zero-order valence-electron chi connectivity index (χ0n) is 10.2. The zero-order valence-corrected chi connectivity index (χ0v) is 10.2. The molecule has 0 heterocycles. The van der Waals surface area contributed by atoms with Crippen LogP contribution in [0.4, 0.5) is 11.4 Å². The Kier molecular flexibility index (Phi) is 3.72. The molecule has 0 aliphatic carbocycles. The van der Waals surface area contributed by atoms with Crippen molar-refractivity contribution in [3.63, 3.8) is 0 Å². The maximum atomic E-state index is 10.5. The summed E-state index contributed by atoms with van der Waals surface area (Å²) in [4.78, 5) is 20.0. The van der Waals surface area contributed by atoms with E-state index < -0.39 is 16.0 Å². The van der Waals surface area contributed by atoms with Crippen molar-refractivity contribution < 1.29 is 15.0 Å². The van der Waals surface area contributed by atoms with E-state index in [2.05, 4.69) is 0 Å². The second-order valence-corrected chi connectivity index (χ2v) is 4.10. The highest BCUT2D eigenvalue weighted by molar-refractivity contribution is 5.40. The standard InChI is InChI=1S/C13H10N2O5/c16-13(9-1-5-11(6-2-9)14(17)18)10-3-7-12(8-4-10)15(19)20/h1-8,13,16H. The average molecular weight is 274 g/mol. The van der Waals surface area contributed by atoms with Gasteiger partial charge in [0, 0.05) is 24.3 Å². The molecule has 2 rings (SSSR count). The van der Waals surface area contributed by atoms with E-state index in [1.54, 1.807) is 0 Å². The van der Waals surface area contributed by atoms with Crippen LogP contribution < -0.4 is 0 Å². The molecule has 0 saturated carbocycles. The number of rotatable bonds is 4. The zero-order chi connectivity index (χ0) is 14.7. The third kappa shape index (κ3) is 2.78. The Labute approximate surface area is 113 Å². The van der Waals surface area contributed by atoms with Crippen LogP contribution in [0.5, 0.6) is 0 Å². The summed E-state index contributed by atoms with van der Waals surface area (Å²) in [5.74, 6) is 0. The van der Waals surface area contributed by atoms with Gasteiger partial charge in [-0.15, -0.1) is 0 Å². The highest BCUT2D eigenvalue weighted by atomic mass is 16.6. The van der Waals surface area contributed by atoms with Crippen molar-refractivity contribution in [2.75, 3.05) is 0 Å². The first-order valence-electron chi connectivity index (χ1n) is 5.66. The van der Waals surface area contributed by atoms with Gasteiger partial charge in [-0.05, 0) is 35.4 Å². The van der Waals surface area contributed by atoms with Crippen LogP contribution in [-0.4, -0.2) is 15.0 Å². The number of aliphatic hydroxyl groups excluding tert-OH is 1. The molecule has 0 spiro atoms. The Morgan fingerprint density at radius 3 is 1.30 bits per heavy atom. The number of benzene rings is 2.